The van der Waals surface area contributed by atoms with Crippen LogP contribution >= 0.6 is 7.75 Å². The van der Waals surface area contributed by atoms with E-state index in [9.17, 15) is 24.1 Å². The number of ether oxygens (including phenoxy) is 4. The molecule has 0 aliphatic heterocycles. The highest BCUT2D eigenvalue weighted by Crippen LogP contribution is 2.49. The molecule has 0 rings (SSSR count). The molecule has 14 nitrogen and oxygen atoms in total. The summed E-state index contributed by atoms with van der Waals surface area (Å²) in [5.74, 6) is -1.54. The van der Waals surface area contributed by atoms with Gasteiger partial charge in [0.05, 0.1) is 26.4 Å². The Bertz CT molecular complexity index is 702. The quantitative estimate of drug-likeness (QED) is 0.0796. The smallest absolute Gasteiger partial charge is 0.480 e. The van der Waals surface area contributed by atoms with E-state index in [1.165, 1.54) is 7.05 Å². The average Bonchev–Trinajstić information content (AvgIpc) is 2.83. The molecule has 15 heteroatoms. The number of carboxylic acids is 1. The average molecular weight is 542 g/mol. The second kappa shape index (κ2) is 19.6. The highest BCUT2D eigenvalue weighted by molar-refractivity contribution is 7.52. The van der Waals surface area contributed by atoms with Crippen molar-refractivity contribution in [3.8, 4) is 0 Å². The summed E-state index contributed by atoms with van der Waals surface area (Å²) in [4.78, 5) is 35.7. The van der Waals surface area contributed by atoms with Crippen LogP contribution in [-0.4, -0.2) is 87.0 Å². The van der Waals surface area contributed by atoms with Gasteiger partial charge in [-0.25, -0.2) is 18.9 Å². The maximum atomic E-state index is 13.2. The molecule has 0 spiro atoms. The number of rotatable bonds is 19. The first-order chi connectivity index (χ1) is 17.1. The summed E-state index contributed by atoms with van der Waals surface area (Å²) in [7, 11) is -2.95. The Labute approximate surface area is 212 Å². The van der Waals surface area contributed by atoms with Gasteiger partial charge in [-0.15, -0.1) is 4.76 Å². The summed E-state index contributed by atoms with van der Waals surface area (Å²) in [6.45, 7) is 4.65. The molecule has 0 aromatic rings. The third kappa shape index (κ3) is 15.4. The fourth-order valence-electron chi connectivity index (χ4n) is 2.45. The van der Waals surface area contributed by atoms with E-state index in [4.69, 9.17) is 33.7 Å². The fraction of sp³-hybridized carbons (Fsp3) is 0.810. The number of nitrogens with two attached hydrogens (primary N) is 1. The van der Waals surface area contributed by atoms with Crippen LogP contribution in [0.15, 0.2) is 4.76 Å². The number of carbonyl (C=O) groups is 3. The number of carbonyl (C=O) groups excluding carboxylic acids is 2. The summed E-state index contributed by atoms with van der Waals surface area (Å²) < 4.78 is 46.6. The first-order valence-corrected chi connectivity index (χ1v) is 13.4. The molecule has 0 aromatic carbocycles. The first-order valence-electron chi connectivity index (χ1n) is 11.9. The lowest BCUT2D eigenvalue weighted by Crippen LogP contribution is -2.46. The molecule has 0 amide bonds. The van der Waals surface area contributed by atoms with Crippen LogP contribution in [0.3, 0.4) is 0 Å². The number of aliphatic carboxylic acids is 1. The molecule has 210 valence electrons. The van der Waals surface area contributed by atoms with E-state index in [1.54, 1.807) is 6.92 Å². The maximum Gasteiger partial charge on any atom is 0.508 e. The largest absolute Gasteiger partial charge is 0.508 e. The molecule has 0 heterocycles. The van der Waals surface area contributed by atoms with Crippen molar-refractivity contribution in [1.82, 2.24) is 4.90 Å². The number of guanidine groups is 1. The molecule has 0 radical (unpaired) electrons. The third-order valence-corrected chi connectivity index (χ3v) is 5.92. The van der Waals surface area contributed by atoms with Gasteiger partial charge in [0.2, 0.25) is 5.96 Å². The van der Waals surface area contributed by atoms with Crippen molar-refractivity contribution in [3.63, 3.8) is 0 Å². The van der Waals surface area contributed by atoms with Gasteiger partial charge < -0.3 is 34.7 Å². The molecule has 0 aliphatic rings. The highest BCUT2D eigenvalue weighted by Gasteiger charge is 2.29. The highest BCUT2D eigenvalue weighted by atomic mass is 31.2. The summed E-state index contributed by atoms with van der Waals surface area (Å²) in [5.41, 5.74) is 5.88. The van der Waals surface area contributed by atoms with E-state index in [0.717, 1.165) is 17.7 Å². The van der Waals surface area contributed by atoms with Gasteiger partial charge in [0.25, 0.3) is 0 Å². The number of likely N-dealkylation sites (N-methyl/N-ethyl adjacent to an activating group) is 1. The number of unbranched alkanes of at least 4 members (excludes halogenated alkanes) is 2. The molecule has 0 aromatic heterocycles. The van der Waals surface area contributed by atoms with Crippen molar-refractivity contribution < 1.29 is 52.1 Å². The lowest BCUT2D eigenvalue weighted by Gasteiger charge is -2.26. The van der Waals surface area contributed by atoms with Gasteiger partial charge in [-0.3, -0.25) is 9.05 Å². The molecule has 1 atom stereocenters. The Morgan fingerprint density at radius 1 is 0.833 bits per heavy atom. The molecule has 1 unspecified atom stereocenters. The fourth-order valence-corrected chi connectivity index (χ4v) is 3.64. The van der Waals surface area contributed by atoms with Gasteiger partial charge >= 0.3 is 26.0 Å². The molecule has 0 saturated heterocycles. The molecular weight excluding hydrogens is 501 g/mol. The van der Waals surface area contributed by atoms with Crippen molar-refractivity contribution in [1.29, 1.82) is 0 Å². The van der Waals surface area contributed by atoms with Gasteiger partial charge in [0.1, 0.15) is 19.3 Å². The van der Waals surface area contributed by atoms with E-state index >= 15 is 0 Å². The predicted octanol–water partition coefficient (Wildman–Crippen LogP) is 3.53. The monoisotopic (exact) mass is 541 g/mol. The number of nitrogens with zero attached hydrogens (tertiary/aromatic N) is 2. The van der Waals surface area contributed by atoms with Crippen LogP contribution in [0.2, 0.25) is 0 Å². The van der Waals surface area contributed by atoms with Crippen molar-refractivity contribution in [2.45, 2.75) is 65.3 Å². The Hall–Kier alpha value is -2.57. The molecular formula is C21H40N3O11P. The number of carboxylic acid groups (broad SMARTS) is 1. The summed E-state index contributed by atoms with van der Waals surface area (Å²) in [6, 6.07) is -1.02. The van der Waals surface area contributed by atoms with Crippen molar-refractivity contribution >= 4 is 32.0 Å². The zero-order valence-corrected chi connectivity index (χ0v) is 22.4. The normalized spacial score (nSPS) is 12.5. The Morgan fingerprint density at radius 3 is 1.67 bits per heavy atom. The number of hydrogen-bond acceptors (Lipinski definition) is 10. The topological polar surface area (TPSA) is 186 Å². The summed E-state index contributed by atoms with van der Waals surface area (Å²) >= 11 is 0. The van der Waals surface area contributed by atoms with Crippen LogP contribution in [0.5, 0.6) is 0 Å². The molecule has 3 N–H and O–H groups in total. The zero-order valence-electron chi connectivity index (χ0n) is 21.5. The third-order valence-electron chi connectivity index (χ3n) is 4.45. The minimum atomic E-state index is -4.33. The second-order valence-corrected chi connectivity index (χ2v) is 9.10. The standard InChI is InChI=1S/C21H40N3O11P/c1-5-8-11-30-20(27)32-13-15-34-36(29,35-16-14-33-21(28)31-12-9-6-2)23-19(22)24(4)17(10-7-3)18(25)26/h17H,5-16H2,1-4H3,(H,25,26)(H2,22,23,29). The Kier molecular flexibility index (Phi) is 18.2. The van der Waals surface area contributed by atoms with E-state index in [0.29, 0.717) is 19.3 Å². The summed E-state index contributed by atoms with van der Waals surface area (Å²) in [6.07, 6.45) is 2.03. The maximum absolute atomic E-state index is 13.2. The molecule has 0 saturated carbocycles. The lowest BCUT2D eigenvalue weighted by atomic mass is 10.1. The van der Waals surface area contributed by atoms with Gasteiger partial charge in [-0.1, -0.05) is 40.0 Å². The van der Waals surface area contributed by atoms with Gasteiger partial charge in [0, 0.05) is 7.05 Å². The van der Waals surface area contributed by atoms with E-state index < -0.39 is 51.2 Å². The van der Waals surface area contributed by atoms with Gasteiger partial charge in [0.15, 0.2) is 0 Å². The van der Waals surface area contributed by atoms with E-state index in [-0.39, 0.29) is 32.8 Å². The molecule has 36 heavy (non-hydrogen) atoms. The van der Waals surface area contributed by atoms with Crippen LogP contribution in [-0.2, 0) is 37.4 Å². The van der Waals surface area contributed by atoms with Crippen molar-refractivity contribution in [2.24, 2.45) is 10.5 Å². The van der Waals surface area contributed by atoms with Crippen LogP contribution in [0.1, 0.15) is 59.3 Å². The van der Waals surface area contributed by atoms with Crippen molar-refractivity contribution in [3.05, 3.63) is 0 Å². The lowest BCUT2D eigenvalue weighted by molar-refractivity contribution is -0.141. The Morgan fingerprint density at radius 2 is 1.28 bits per heavy atom. The van der Waals surface area contributed by atoms with Crippen LogP contribution < -0.4 is 5.73 Å². The minimum absolute atomic E-state index is 0.203. The predicted molar refractivity (Wildman–Crippen MR) is 130 cm³/mol. The Balaban J connectivity index is 5.11. The van der Waals surface area contributed by atoms with Crippen molar-refractivity contribution in [2.75, 3.05) is 46.7 Å². The van der Waals surface area contributed by atoms with E-state index in [2.05, 4.69) is 4.76 Å². The zero-order chi connectivity index (χ0) is 27.4. The SMILES string of the molecule is CCCCOC(=O)OCCOP(=O)(N=C(N)N(C)C(CCC)C(=O)O)OCCOC(=O)OCCCC. The molecule has 0 fully saturated rings. The van der Waals surface area contributed by atoms with E-state index in [1.807, 2.05) is 13.8 Å². The van der Waals surface area contributed by atoms with Crippen LogP contribution in [0.4, 0.5) is 9.59 Å². The molecule has 0 aliphatic carbocycles. The molecule has 0 bridgehead atoms. The minimum Gasteiger partial charge on any atom is -0.480 e. The van der Waals surface area contributed by atoms with Gasteiger partial charge in [-0.2, -0.15) is 0 Å². The first kappa shape index (κ1) is 33.4. The van der Waals surface area contributed by atoms with Crippen LogP contribution in [0.25, 0.3) is 0 Å². The number of hydrogen-bond donors (Lipinski definition) is 2. The van der Waals surface area contributed by atoms with Crippen LogP contribution in [0, 0.1) is 0 Å². The second-order valence-electron chi connectivity index (χ2n) is 7.45. The van der Waals surface area contributed by atoms with Gasteiger partial charge in [-0.05, 0) is 19.3 Å². The summed E-state index contributed by atoms with van der Waals surface area (Å²) in [5, 5.41) is 9.42.